The summed E-state index contributed by atoms with van der Waals surface area (Å²) < 4.78 is 5.11. The molecule has 0 aliphatic carbocycles. The molecule has 0 heterocycles. The lowest BCUT2D eigenvalue weighted by Gasteiger charge is -2.03. The average Bonchev–Trinajstić information content (AvgIpc) is 2.30. The normalized spacial score (nSPS) is 10.3. The third-order valence-electron chi connectivity index (χ3n) is 2.12. The van der Waals surface area contributed by atoms with E-state index in [1.54, 1.807) is 7.11 Å². The van der Waals surface area contributed by atoms with Gasteiger partial charge in [0.2, 0.25) is 0 Å². The van der Waals surface area contributed by atoms with E-state index in [9.17, 15) is 0 Å². The fourth-order valence-electron chi connectivity index (χ4n) is 1.24. The molecule has 0 unspecified atom stereocenters. The summed E-state index contributed by atoms with van der Waals surface area (Å²) in [7, 11) is 1.69. The van der Waals surface area contributed by atoms with E-state index in [4.69, 9.17) is 16.3 Å². The Hall–Kier alpha value is -0.340. The van der Waals surface area contributed by atoms with Crippen molar-refractivity contribution in [3.8, 4) is 5.75 Å². The van der Waals surface area contributed by atoms with Crippen molar-refractivity contribution in [2.45, 2.75) is 12.8 Å². The topological polar surface area (TPSA) is 9.23 Å². The lowest BCUT2D eigenvalue weighted by molar-refractivity contribution is 0.414. The number of rotatable bonds is 7. The molecule has 1 nitrogen and oxygen atoms in total. The zero-order valence-corrected chi connectivity index (χ0v) is 10.6. The van der Waals surface area contributed by atoms with Crippen molar-refractivity contribution in [3.05, 3.63) is 29.8 Å². The van der Waals surface area contributed by atoms with Crippen LogP contribution in [0.5, 0.6) is 5.75 Å². The number of methoxy groups -OCH3 is 1. The van der Waals surface area contributed by atoms with Gasteiger partial charge < -0.3 is 4.74 Å². The van der Waals surface area contributed by atoms with Gasteiger partial charge in [-0.05, 0) is 42.0 Å². The van der Waals surface area contributed by atoms with Crippen LogP contribution in [0.25, 0.3) is 0 Å². The second-order valence-corrected chi connectivity index (χ2v) is 4.86. The molecule has 0 radical (unpaired) electrons. The van der Waals surface area contributed by atoms with Crippen molar-refractivity contribution in [2.24, 2.45) is 0 Å². The Balaban J connectivity index is 2.20. The lowest BCUT2D eigenvalue weighted by Crippen LogP contribution is -1.91. The predicted octanol–water partition coefficient (Wildman–Crippen LogP) is 3.60. The number of hydrogen-bond acceptors (Lipinski definition) is 2. The quantitative estimate of drug-likeness (QED) is 0.536. The van der Waals surface area contributed by atoms with Gasteiger partial charge in [-0.15, -0.1) is 11.6 Å². The van der Waals surface area contributed by atoms with E-state index in [0.29, 0.717) is 0 Å². The first-order valence-electron chi connectivity index (χ1n) is 5.13. The van der Waals surface area contributed by atoms with Gasteiger partial charge >= 0.3 is 0 Å². The van der Waals surface area contributed by atoms with E-state index in [1.807, 2.05) is 23.9 Å². The Morgan fingerprint density at radius 2 is 1.93 bits per heavy atom. The molecule has 0 bridgehead atoms. The summed E-state index contributed by atoms with van der Waals surface area (Å²) in [6, 6.07) is 8.28. The highest BCUT2D eigenvalue weighted by Gasteiger charge is 1.95. The van der Waals surface area contributed by atoms with Crippen LogP contribution in [0.3, 0.4) is 0 Å². The zero-order chi connectivity index (χ0) is 10.9. The van der Waals surface area contributed by atoms with Crippen molar-refractivity contribution in [3.63, 3.8) is 0 Å². The molecule has 0 saturated heterocycles. The Labute approximate surface area is 101 Å². The van der Waals surface area contributed by atoms with Gasteiger partial charge in [0, 0.05) is 5.88 Å². The van der Waals surface area contributed by atoms with Crippen molar-refractivity contribution < 1.29 is 4.74 Å². The van der Waals surface area contributed by atoms with Crippen LogP contribution in [0.2, 0.25) is 0 Å². The number of halogens is 1. The fraction of sp³-hybridized carbons (Fsp3) is 0.500. The van der Waals surface area contributed by atoms with Crippen LogP contribution in [0, 0.1) is 0 Å². The summed E-state index contributed by atoms with van der Waals surface area (Å²) in [6.45, 7) is 0. The third kappa shape index (κ3) is 5.33. The summed E-state index contributed by atoms with van der Waals surface area (Å²) in [5, 5.41) is 0. The molecule has 0 aromatic heterocycles. The first-order valence-corrected chi connectivity index (χ1v) is 6.82. The van der Waals surface area contributed by atoms with E-state index in [-0.39, 0.29) is 0 Å². The lowest BCUT2D eigenvalue weighted by atomic mass is 10.2. The molecule has 1 aromatic rings. The minimum Gasteiger partial charge on any atom is -0.497 e. The number of ether oxygens (including phenoxy) is 1. The largest absolute Gasteiger partial charge is 0.497 e. The summed E-state index contributed by atoms with van der Waals surface area (Å²) in [5.74, 6) is 4.03. The SMILES string of the molecule is COc1ccc(CCSCCCCl)cc1. The summed E-state index contributed by atoms with van der Waals surface area (Å²) in [5.41, 5.74) is 1.37. The van der Waals surface area contributed by atoms with Crippen LogP contribution in [-0.4, -0.2) is 24.5 Å². The zero-order valence-electron chi connectivity index (χ0n) is 9.04. The average molecular weight is 245 g/mol. The summed E-state index contributed by atoms with van der Waals surface area (Å²) in [6.07, 6.45) is 2.23. The van der Waals surface area contributed by atoms with Gasteiger partial charge in [0.15, 0.2) is 0 Å². The van der Waals surface area contributed by atoms with Gasteiger partial charge in [-0.2, -0.15) is 11.8 Å². The fourth-order valence-corrected chi connectivity index (χ4v) is 2.47. The highest BCUT2D eigenvalue weighted by molar-refractivity contribution is 7.99. The summed E-state index contributed by atoms with van der Waals surface area (Å²) in [4.78, 5) is 0. The molecule has 15 heavy (non-hydrogen) atoms. The van der Waals surface area contributed by atoms with E-state index in [2.05, 4.69) is 12.1 Å². The molecule has 0 fully saturated rings. The number of alkyl halides is 1. The molecule has 0 spiro atoms. The van der Waals surface area contributed by atoms with Gasteiger partial charge in [0.1, 0.15) is 5.75 Å². The molecule has 0 saturated carbocycles. The molecule has 3 heteroatoms. The van der Waals surface area contributed by atoms with Crippen LogP contribution >= 0.6 is 23.4 Å². The van der Waals surface area contributed by atoms with Gasteiger partial charge in [0.25, 0.3) is 0 Å². The van der Waals surface area contributed by atoms with E-state index in [1.165, 1.54) is 17.1 Å². The molecule has 0 amide bonds. The Morgan fingerprint density at radius 1 is 1.20 bits per heavy atom. The minimum atomic E-state index is 0.773. The van der Waals surface area contributed by atoms with Crippen LogP contribution in [0.4, 0.5) is 0 Å². The smallest absolute Gasteiger partial charge is 0.118 e. The van der Waals surface area contributed by atoms with Crippen LogP contribution < -0.4 is 4.74 Å². The molecule has 0 aliphatic rings. The van der Waals surface area contributed by atoms with Gasteiger partial charge in [-0.25, -0.2) is 0 Å². The van der Waals surface area contributed by atoms with Crippen LogP contribution in [0.15, 0.2) is 24.3 Å². The van der Waals surface area contributed by atoms with E-state index in [0.717, 1.165) is 24.5 Å². The van der Waals surface area contributed by atoms with E-state index >= 15 is 0 Å². The van der Waals surface area contributed by atoms with Crippen LogP contribution in [0.1, 0.15) is 12.0 Å². The number of hydrogen-bond donors (Lipinski definition) is 0. The maximum atomic E-state index is 5.60. The molecule has 0 atom stereocenters. The van der Waals surface area contributed by atoms with E-state index < -0.39 is 0 Å². The van der Waals surface area contributed by atoms with Crippen molar-refractivity contribution in [1.29, 1.82) is 0 Å². The second-order valence-electron chi connectivity index (χ2n) is 3.25. The Morgan fingerprint density at radius 3 is 2.53 bits per heavy atom. The molecule has 0 N–H and O–H groups in total. The second kappa shape index (κ2) is 7.89. The molecule has 1 aromatic carbocycles. The summed E-state index contributed by atoms with van der Waals surface area (Å²) >= 11 is 7.57. The molecular weight excluding hydrogens is 228 g/mol. The first-order chi connectivity index (χ1) is 7.36. The Bertz CT molecular complexity index is 261. The third-order valence-corrected chi connectivity index (χ3v) is 3.45. The molecule has 84 valence electrons. The van der Waals surface area contributed by atoms with Crippen molar-refractivity contribution >= 4 is 23.4 Å². The maximum Gasteiger partial charge on any atom is 0.118 e. The number of benzene rings is 1. The molecule has 1 rings (SSSR count). The Kier molecular flexibility index (Phi) is 6.69. The van der Waals surface area contributed by atoms with Gasteiger partial charge in [0.05, 0.1) is 7.11 Å². The minimum absolute atomic E-state index is 0.773. The standard InChI is InChI=1S/C12H17ClOS/c1-14-12-5-3-11(4-6-12)7-10-15-9-2-8-13/h3-6H,2,7-10H2,1H3. The number of aryl methyl sites for hydroxylation is 1. The molecule has 0 aliphatic heterocycles. The predicted molar refractivity (Wildman–Crippen MR) is 69.4 cm³/mol. The van der Waals surface area contributed by atoms with Crippen molar-refractivity contribution in [2.75, 3.05) is 24.5 Å². The van der Waals surface area contributed by atoms with Crippen molar-refractivity contribution in [1.82, 2.24) is 0 Å². The molecular formula is C12H17ClOS. The highest BCUT2D eigenvalue weighted by atomic mass is 35.5. The highest BCUT2D eigenvalue weighted by Crippen LogP contribution is 2.13. The number of thioether (sulfide) groups is 1. The maximum absolute atomic E-state index is 5.60. The monoisotopic (exact) mass is 244 g/mol. The van der Waals surface area contributed by atoms with Gasteiger partial charge in [-0.3, -0.25) is 0 Å². The van der Waals surface area contributed by atoms with Crippen LogP contribution in [-0.2, 0) is 6.42 Å². The first kappa shape index (κ1) is 12.7. The van der Waals surface area contributed by atoms with Gasteiger partial charge in [-0.1, -0.05) is 12.1 Å².